The van der Waals surface area contributed by atoms with Crippen molar-refractivity contribution in [3.63, 3.8) is 0 Å². The molecule has 1 aromatic heterocycles. The fourth-order valence-electron chi connectivity index (χ4n) is 2.20. The molecular formula is C15H23Cl2N3O. The minimum Gasteiger partial charge on any atom is -0.339 e. The van der Waals surface area contributed by atoms with Crippen LogP contribution in [0, 0.1) is 0 Å². The van der Waals surface area contributed by atoms with Crippen LogP contribution < -0.4 is 0 Å². The lowest BCUT2D eigenvalue weighted by Crippen LogP contribution is -2.34. The lowest BCUT2D eigenvalue weighted by Gasteiger charge is -2.23. The summed E-state index contributed by atoms with van der Waals surface area (Å²) in [5, 5.41) is 0.482. The number of nitrogens with zero attached hydrogens (tertiary/aromatic N) is 3. The molecule has 0 spiro atoms. The smallest absolute Gasteiger partial charge is 0.254 e. The van der Waals surface area contributed by atoms with Crippen LogP contribution in [0.25, 0.3) is 0 Å². The Morgan fingerprint density at radius 1 is 1.05 bits per heavy atom. The maximum Gasteiger partial charge on any atom is 0.254 e. The molecule has 6 heteroatoms. The molecule has 0 N–H and O–H groups in total. The lowest BCUT2D eigenvalue weighted by molar-refractivity contribution is 0.0757. The molecule has 0 saturated heterocycles. The summed E-state index contributed by atoms with van der Waals surface area (Å²) in [6, 6.07) is 3.12. The predicted octanol–water partition coefficient (Wildman–Crippen LogP) is 3.58. The fourth-order valence-corrected chi connectivity index (χ4v) is 2.66. The van der Waals surface area contributed by atoms with Crippen LogP contribution in [-0.4, -0.2) is 53.4 Å². The van der Waals surface area contributed by atoms with Crippen LogP contribution in [0.1, 0.15) is 37.6 Å². The molecule has 1 aromatic rings. The monoisotopic (exact) mass is 331 g/mol. The molecule has 0 atom stereocenters. The first-order valence-corrected chi connectivity index (χ1v) is 8.12. The number of carbonyl (C=O) groups excluding carboxylic acids is 1. The first-order chi connectivity index (χ1) is 10.0. The molecule has 0 radical (unpaired) electrons. The Bertz CT molecular complexity index is 444. The van der Waals surface area contributed by atoms with Crippen LogP contribution in [-0.2, 0) is 0 Å². The highest BCUT2D eigenvalue weighted by molar-refractivity contribution is 6.33. The van der Waals surface area contributed by atoms with E-state index in [2.05, 4.69) is 23.7 Å². The third kappa shape index (κ3) is 5.81. The van der Waals surface area contributed by atoms with Crippen LogP contribution in [0.15, 0.2) is 12.1 Å². The van der Waals surface area contributed by atoms with E-state index in [0.29, 0.717) is 12.1 Å². The van der Waals surface area contributed by atoms with Gasteiger partial charge in [-0.1, -0.05) is 37.0 Å². The third-order valence-corrected chi connectivity index (χ3v) is 3.86. The van der Waals surface area contributed by atoms with Crippen molar-refractivity contribution in [2.45, 2.75) is 27.2 Å². The van der Waals surface area contributed by atoms with E-state index >= 15 is 0 Å². The van der Waals surface area contributed by atoms with E-state index in [0.717, 1.165) is 32.6 Å². The quantitative estimate of drug-likeness (QED) is 0.683. The number of hydrogen-bond acceptors (Lipinski definition) is 3. The lowest BCUT2D eigenvalue weighted by atomic mass is 10.2. The highest BCUT2D eigenvalue weighted by Gasteiger charge is 2.15. The Kier molecular flexibility index (Phi) is 8.01. The normalized spacial score (nSPS) is 11.0. The number of pyridine rings is 1. The highest BCUT2D eigenvalue weighted by Crippen LogP contribution is 2.16. The molecular weight excluding hydrogens is 309 g/mol. The average molecular weight is 332 g/mol. The number of aromatic nitrogens is 1. The summed E-state index contributed by atoms with van der Waals surface area (Å²) in [5.74, 6) is -0.0525. The van der Waals surface area contributed by atoms with Gasteiger partial charge in [0.05, 0.1) is 0 Å². The molecule has 4 nitrogen and oxygen atoms in total. The van der Waals surface area contributed by atoms with E-state index in [1.807, 2.05) is 11.8 Å². The molecule has 0 aromatic carbocycles. The van der Waals surface area contributed by atoms with Gasteiger partial charge in [-0.05, 0) is 45.1 Å². The zero-order valence-corrected chi connectivity index (χ0v) is 14.4. The summed E-state index contributed by atoms with van der Waals surface area (Å²) < 4.78 is 0. The van der Waals surface area contributed by atoms with Crippen molar-refractivity contribution in [2.75, 3.05) is 32.7 Å². The summed E-state index contributed by atoms with van der Waals surface area (Å²) in [6.07, 6.45) is 0.952. The first-order valence-electron chi connectivity index (χ1n) is 7.36. The summed E-state index contributed by atoms with van der Waals surface area (Å²) in [6.45, 7) is 10.7. The van der Waals surface area contributed by atoms with Gasteiger partial charge in [0, 0.05) is 18.7 Å². The molecule has 1 amide bonds. The minimum absolute atomic E-state index is 0.0525. The summed E-state index contributed by atoms with van der Waals surface area (Å²) in [4.78, 5) is 20.5. The first kappa shape index (κ1) is 18.2. The fraction of sp³-hybridized carbons (Fsp3) is 0.600. The molecule has 0 aliphatic carbocycles. The van der Waals surface area contributed by atoms with Crippen molar-refractivity contribution in [3.05, 3.63) is 28.0 Å². The third-order valence-electron chi connectivity index (χ3n) is 3.48. The van der Waals surface area contributed by atoms with E-state index in [9.17, 15) is 4.79 Å². The number of amides is 1. The van der Waals surface area contributed by atoms with Crippen LogP contribution >= 0.6 is 23.2 Å². The maximum atomic E-state index is 12.5. The van der Waals surface area contributed by atoms with Gasteiger partial charge >= 0.3 is 0 Å². The highest BCUT2D eigenvalue weighted by atomic mass is 35.5. The number of halogens is 2. The Balaban J connectivity index is 2.64. The van der Waals surface area contributed by atoms with Crippen LogP contribution in [0.2, 0.25) is 10.3 Å². The van der Waals surface area contributed by atoms with Crippen molar-refractivity contribution in [3.8, 4) is 0 Å². The summed E-state index contributed by atoms with van der Waals surface area (Å²) >= 11 is 11.7. The Morgan fingerprint density at radius 3 is 2.10 bits per heavy atom. The number of hydrogen-bond donors (Lipinski definition) is 0. The zero-order chi connectivity index (χ0) is 15.8. The van der Waals surface area contributed by atoms with E-state index in [1.165, 1.54) is 0 Å². The standard InChI is InChI=1S/C15H23Cl2N3O/c1-4-19(5-2)8-7-9-20(6-3)15(21)12-10-13(16)18-14(17)11-12/h10-11H,4-9H2,1-3H3. The second-order valence-corrected chi connectivity index (χ2v) is 5.54. The van der Waals surface area contributed by atoms with Crippen molar-refractivity contribution in [2.24, 2.45) is 0 Å². The molecule has 1 heterocycles. The van der Waals surface area contributed by atoms with Crippen LogP contribution in [0.3, 0.4) is 0 Å². The molecule has 0 aliphatic rings. The zero-order valence-electron chi connectivity index (χ0n) is 12.9. The van der Waals surface area contributed by atoms with Gasteiger partial charge < -0.3 is 9.80 Å². The van der Waals surface area contributed by atoms with Crippen LogP contribution in [0.4, 0.5) is 0 Å². The van der Waals surface area contributed by atoms with Crippen molar-refractivity contribution < 1.29 is 4.79 Å². The maximum absolute atomic E-state index is 12.5. The second kappa shape index (κ2) is 9.23. The molecule has 0 aliphatic heterocycles. The average Bonchev–Trinajstić information content (AvgIpc) is 2.46. The van der Waals surface area contributed by atoms with Gasteiger partial charge in [-0.2, -0.15) is 0 Å². The van der Waals surface area contributed by atoms with Gasteiger partial charge in [0.2, 0.25) is 0 Å². The Hall–Kier alpha value is -0.840. The van der Waals surface area contributed by atoms with Crippen molar-refractivity contribution in [1.29, 1.82) is 0 Å². The molecule has 0 bridgehead atoms. The molecule has 118 valence electrons. The molecule has 0 fully saturated rings. The molecule has 1 rings (SSSR count). The van der Waals surface area contributed by atoms with Gasteiger partial charge in [0.1, 0.15) is 10.3 Å². The topological polar surface area (TPSA) is 36.4 Å². The van der Waals surface area contributed by atoms with E-state index in [1.54, 1.807) is 12.1 Å². The largest absolute Gasteiger partial charge is 0.339 e. The van der Waals surface area contributed by atoms with E-state index in [4.69, 9.17) is 23.2 Å². The van der Waals surface area contributed by atoms with Crippen molar-refractivity contribution in [1.82, 2.24) is 14.8 Å². The number of rotatable bonds is 8. The van der Waals surface area contributed by atoms with Gasteiger partial charge in [0.15, 0.2) is 0 Å². The Morgan fingerprint density at radius 2 is 1.62 bits per heavy atom. The second-order valence-electron chi connectivity index (χ2n) is 4.77. The van der Waals surface area contributed by atoms with Crippen LogP contribution in [0.5, 0.6) is 0 Å². The molecule has 0 unspecified atom stereocenters. The van der Waals surface area contributed by atoms with Gasteiger partial charge in [-0.3, -0.25) is 4.79 Å². The van der Waals surface area contributed by atoms with Crippen molar-refractivity contribution >= 4 is 29.1 Å². The van der Waals surface area contributed by atoms with Gasteiger partial charge in [-0.25, -0.2) is 4.98 Å². The SMILES string of the molecule is CCN(CC)CCCN(CC)C(=O)c1cc(Cl)nc(Cl)c1. The van der Waals surface area contributed by atoms with E-state index in [-0.39, 0.29) is 16.2 Å². The number of carbonyl (C=O) groups is 1. The van der Waals surface area contributed by atoms with Gasteiger partial charge in [0.25, 0.3) is 5.91 Å². The summed E-state index contributed by atoms with van der Waals surface area (Å²) in [5.41, 5.74) is 0.490. The molecule has 0 saturated carbocycles. The summed E-state index contributed by atoms with van der Waals surface area (Å²) in [7, 11) is 0. The Labute approximate surface area is 137 Å². The predicted molar refractivity (Wildman–Crippen MR) is 88.2 cm³/mol. The van der Waals surface area contributed by atoms with Gasteiger partial charge in [-0.15, -0.1) is 0 Å². The van der Waals surface area contributed by atoms with E-state index < -0.39 is 0 Å². The minimum atomic E-state index is -0.0525. The molecule has 21 heavy (non-hydrogen) atoms.